The number of nitro benzene ring substituents is 1. The van der Waals surface area contributed by atoms with Crippen LogP contribution in [0.3, 0.4) is 0 Å². The maximum atomic E-state index is 12.0. The van der Waals surface area contributed by atoms with Crippen molar-refractivity contribution < 1.29 is 14.5 Å². The van der Waals surface area contributed by atoms with E-state index in [0.717, 1.165) is 0 Å². The number of nitrogens with zero attached hydrogens (tertiary/aromatic N) is 3. The Morgan fingerprint density at radius 2 is 2.14 bits per heavy atom. The van der Waals surface area contributed by atoms with Gasteiger partial charge in [-0.2, -0.15) is 0 Å². The molecule has 1 N–H and O–H groups in total. The first-order valence-corrected chi connectivity index (χ1v) is 6.00. The van der Waals surface area contributed by atoms with Crippen LogP contribution in [0.4, 0.5) is 11.5 Å². The van der Waals surface area contributed by atoms with Crippen molar-refractivity contribution in [1.29, 1.82) is 0 Å². The lowest BCUT2D eigenvalue weighted by molar-refractivity contribution is -0.385. The van der Waals surface area contributed by atoms with Crippen molar-refractivity contribution in [1.82, 2.24) is 9.97 Å². The Labute approximate surface area is 123 Å². The fraction of sp³-hybridized carbons (Fsp3) is 0.0833. The van der Waals surface area contributed by atoms with E-state index in [-0.39, 0.29) is 28.0 Å². The van der Waals surface area contributed by atoms with Gasteiger partial charge in [0.15, 0.2) is 5.75 Å². The Balaban J connectivity index is 2.25. The molecule has 1 heterocycles. The number of anilines is 1. The summed E-state index contributed by atoms with van der Waals surface area (Å²) in [5.74, 6) is -0.288. The van der Waals surface area contributed by atoms with Crippen molar-refractivity contribution in [3.05, 3.63) is 51.4 Å². The third kappa shape index (κ3) is 3.42. The molecule has 0 aliphatic carbocycles. The van der Waals surface area contributed by atoms with Crippen molar-refractivity contribution in [2.24, 2.45) is 0 Å². The van der Waals surface area contributed by atoms with E-state index in [1.807, 2.05) is 0 Å². The number of aromatic nitrogens is 2. The van der Waals surface area contributed by atoms with Gasteiger partial charge in [-0.1, -0.05) is 11.6 Å². The van der Waals surface area contributed by atoms with Crippen LogP contribution < -0.4 is 10.1 Å². The second-order valence-corrected chi connectivity index (χ2v) is 4.21. The van der Waals surface area contributed by atoms with E-state index >= 15 is 0 Å². The van der Waals surface area contributed by atoms with Crippen LogP contribution in [-0.4, -0.2) is 27.9 Å². The molecule has 0 saturated carbocycles. The maximum absolute atomic E-state index is 12.0. The van der Waals surface area contributed by atoms with E-state index < -0.39 is 10.8 Å². The first kappa shape index (κ1) is 14.7. The highest BCUT2D eigenvalue weighted by Crippen LogP contribution is 2.27. The van der Waals surface area contributed by atoms with Gasteiger partial charge in [0.05, 0.1) is 12.0 Å². The van der Waals surface area contributed by atoms with Gasteiger partial charge < -0.3 is 10.1 Å². The summed E-state index contributed by atoms with van der Waals surface area (Å²) in [5.41, 5.74) is -0.0358. The molecule has 1 aromatic heterocycles. The molecule has 8 nitrogen and oxygen atoms in total. The lowest BCUT2D eigenvalue weighted by Gasteiger charge is -2.06. The summed E-state index contributed by atoms with van der Waals surface area (Å²) in [6.07, 6.45) is 1.20. The summed E-state index contributed by atoms with van der Waals surface area (Å²) in [4.78, 5) is 29.7. The number of methoxy groups -OCH3 is 1. The largest absolute Gasteiger partial charge is 0.490 e. The van der Waals surface area contributed by atoms with E-state index in [1.165, 1.54) is 37.7 Å². The fourth-order valence-corrected chi connectivity index (χ4v) is 1.71. The van der Waals surface area contributed by atoms with Crippen molar-refractivity contribution in [3.8, 4) is 5.75 Å². The molecule has 0 aliphatic heterocycles. The Morgan fingerprint density at radius 1 is 1.38 bits per heavy atom. The molecule has 0 unspecified atom stereocenters. The van der Waals surface area contributed by atoms with Crippen LogP contribution in [0.15, 0.2) is 30.6 Å². The zero-order valence-electron chi connectivity index (χ0n) is 10.7. The van der Waals surface area contributed by atoms with Crippen molar-refractivity contribution in [3.63, 3.8) is 0 Å². The average Bonchev–Trinajstić information content (AvgIpc) is 2.46. The lowest BCUT2D eigenvalue weighted by atomic mass is 10.1. The van der Waals surface area contributed by atoms with Gasteiger partial charge in [-0.05, 0) is 6.07 Å². The standard InChI is InChI=1S/C12H9ClN4O4/c1-21-9-4-7(2-3-8(9)17(19)20)12(18)16-11-5-10(13)14-6-15-11/h2-6H,1H3,(H,14,15,16,18). The second kappa shape index (κ2) is 6.14. The molecule has 9 heteroatoms. The van der Waals surface area contributed by atoms with Crippen molar-refractivity contribution >= 4 is 29.0 Å². The maximum Gasteiger partial charge on any atom is 0.310 e. The molecule has 0 radical (unpaired) electrons. The fourth-order valence-electron chi connectivity index (χ4n) is 1.56. The summed E-state index contributed by atoms with van der Waals surface area (Å²) in [5, 5.41) is 13.5. The SMILES string of the molecule is COc1cc(C(=O)Nc2cc(Cl)ncn2)ccc1[N+](=O)[O-]. The van der Waals surface area contributed by atoms with Gasteiger partial charge in [0, 0.05) is 23.8 Å². The highest BCUT2D eigenvalue weighted by atomic mass is 35.5. The number of carbonyl (C=O) groups is 1. The quantitative estimate of drug-likeness (QED) is 0.527. The molecule has 2 aromatic rings. The van der Waals surface area contributed by atoms with E-state index in [2.05, 4.69) is 15.3 Å². The number of rotatable bonds is 4. The summed E-state index contributed by atoms with van der Waals surface area (Å²) in [7, 11) is 1.29. The predicted molar refractivity (Wildman–Crippen MR) is 74.6 cm³/mol. The molecule has 0 aliphatic rings. The minimum Gasteiger partial charge on any atom is -0.490 e. The lowest BCUT2D eigenvalue weighted by Crippen LogP contribution is -2.13. The minimum atomic E-state index is -0.593. The molecule has 108 valence electrons. The molecule has 1 aromatic carbocycles. The Kier molecular flexibility index (Phi) is 4.29. The van der Waals surface area contributed by atoms with E-state index in [1.54, 1.807) is 0 Å². The third-order valence-corrected chi connectivity index (χ3v) is 2.72. The van der Waals surface area contributed by atoms with E-state index in [9.17, 15) is 14.9 Å². The van der Waals surface area contributed by atoms with Gasteiger partial charge in [0.1, 0.15) is 17.3 Å². The van der Waals surface area contributed by atoms with Crippen molar-refractivity contribution in [2.75, 3.05) is 12.4 Å². The number of amides is 1. The van der Waals surface area contributed by atoms with Gasteiger partial charge in [-0.25, -0.2) is 9.97 Å². The number of halogens is 1. The van der Waals surface area contributed by atoms with Gasteiger partial charge in [0.2, 0.25) is 0 Å². The number of hydrogen-bond donors (Lipinski definition) is 1. The highest BCUT2D eigenvalue weighted by Gasteiger charge is 2.17. The zero-order chi connectivity index (χ0) is 15.4. The highest BCUT2D eigenvalue weighted by molar-refractivity contribution is 6.29. The first-order chi connectivity index (χ1) is 10.0. The van der Waals surface area contributed by atoms with Crippen LogP contribution in [0.1, 0.15) is 10.4 Å². The number of nitrogens with one attached hydrogen (secondary N) is 1. The number of hydrogen-bond acceptors (Lipinski definition) is 6. The number of nitro groups is 1. The summed E-state index contributed by atoms with van der Waals surface area (Å²) in [6, 6.07) is 5.16. The van der Waals surface area contributed by atoms with Crippen LogP contribution in [-0.2, 0) is 0 Å². The number of ether oxygens (including phenoxy) is 1. The summed E-state index contributed by atoms with van der Waals surface area (Å²) >= 11 is 5.68. The molecule has 21 heavy (non-hydrogen) atoms. The number of carbonyl (C=O) groups excluding carboxylic acids is 1. The smallest absolute Gasteiger partial charge is 0.310 e. The normalized spacial score (nSPS) is 10.0. The Bertz CT molecular complexity index is 707. The van der Waals surface area contributed by atoms with Gasteiger partial charge in [0.25, 0.3) is 5.91 Å². The number of benzene rings is 1. The van der Waals surface area contributed by atoms with Gasteiger partial charge in [-0.15, -0.1) is 0 Å². The first-order valence-electron chi connectivity index (χ1n) is 5.62. The van der Waals surface area contributed by atoms with Crippen LogP contribution in [0.5, 0.6) is 5.75 Å². The topological polar surface area (TPSA) is 107 Å². The van der Waals surface area contributed by atoms with E-state index in [0.29, 0.717) is 0 Å². The van der Waals surface area contributed by atoms with Crippen LogP contribution in [0.25, 0.3) is 0 Å². The van der Waals surface area contributed by atoms with Gasteiger partial charge in [-0.3, -0.25) is 14.9 Å². The van der Waals surface area contributed by atoms with Crippen LogP contribution >= 0.6 is 11.6 Å². The second-order valence-electron chi connectivity index (χ2n) is 3.82. The molecule has 0 saturated heterocycles. The zero-order valence-corrected chi connectivity index (χ0v) is 11.5. The average molecular weight is 309 g/mol. The summed E-state index contributed by atoms with van der Waals surface area (Å²) in [6.45, 7) is 0. The third-order valence-electron chi connectivity index (χ3n) is 2.51. The molecule has 2 rings (SSSR count). The molecule has 0 atom stereocenters. The summed E-state index contributed by atoms with van der Waals surface area (Å²) < 4.78 is 4.90. The molecule has 1 amide bonds. The van der Waals surface area contributed by atoms with Crippen LogP contribution in [0.2, 0.25) is 5.15 Å². The monoisotopic (exact) mass is 308 g/mol. The minimum absolute atomic E-state index is 0.00614. The van der Waals surface area contributed by atoms with Crippen LogP contribution in [0, 0.1) is 10.1 Å². The Morgan fingerprint density at radius 3 is 2.76 bits per heavy atom. The molecular weight excluding hydrogens is 300 g/mol. The molecule has 0 bridgehead atoms. The molecule has 0 spiro atoms. The Hall–Kier alpha value is -2.74. The predicted octanol–water partition coefficient (Wildman–Crippen LogP) is 2.30. The molecular formula is C12H9ClN4O4. The van der Waals surface area contributed by atoms with E-state index in [4.69, 9.17) is 16.3 Å². The van der Waals surface area contributed by atoms with Gasteiger partial charge >= 0.3 is 5.69 Å². The van der Waals surface area contributed by atoms with Crippen molar-refractivity contribution in [2.45, 2.75) is 0 Å². The molecule has 0 fully saturated rings.